The molecule has 1 heterocycles. The van der Waals surface area contributed by atoms with Crippen LogP contribution in [0.5, 0.6) is 0 Å². The Bertz CT molecular complexity index is 453. The van der Waals surface area contributed by atoms with Gasteiger partial charge in [-0.05, 0) is 41.7 Å². The van der Waals surface area contributed by atoms with Gasteiger partial charge >= 0.3 is 12.0 Å². The van der Waals surface area contributed by atoms with Crippen molar-refractivity contribution in [1.82, 2.24) is 10.6 Å². The highest BCUT2D eigenvalue weighted by atomic mass is 32.1. The molecule has 6 heteroatoms. The van der Waals surface area contributed by atoms with E-state index in [0.29, 0.717) is 19.4 Å². The number of hydrogen-bond acceptors (Lipinski definition) is 3. The molecule has 0 aromatic carbocycles. The zero-order valence-corrected chi connectivity index (χ0v) is 12.2. The van der Waals surface area contributed by atoms with Gasteiger partial charge in [0, 0.05) is 13.1 Å². The molecule has 2 amide bonds. The fraction of sp³-hybridized carbons (Fsp3) is 0.571. The van der Waals surface area contributed by atoms with E-state index >= 15 is 0 Å². The smallest absolute Gasteiger partial charge is 0.314 e. The lowest BCUT2D eigenvalue weighted by atomic mass is 9.86. The number of nitrogens with one attached hydrogen (secondary N) is 2. The Morgan fingerprint density at radius 1 is 1.30 bits per heavy atom. The molecule has 0 atom stereocenters. The first-order valence-electron chi connectivity index (χ1n) is 6.89. The summed E-state index contributed by atoms with van der Waals surface area (Å²) >= 11 is 1.63. The lowest BCUT2D eigenvalue weighted by molar-refractivity contribution is -0.148. The maximum atomic E-state index is 11.7. The maximum absolute atomic E-state index is 11.7. The van der Waals surface area contributed by atoms with Crippen molar-refractivity contribution in [3.05, 3.63) is 22.4 Å². The third-order valence-electron chi connectivity index (χ3n) is 3.88. The predicted molar refractivity (Wildman–Crippen MR) is 78.0 cm³/mol. The predicted octanol–water partition coefficient (Wildman–Crippen LogP) is 2.23. The summed E-state index contributed by atoms with van der Waals surface area (Å²) in [7, 11) is 0. The van der Waals surface area contributed by atoms with Crippen LogP contribution in [0.2, 0.25) is 0 Å². The van der Waals surface area contributed by atoms with E-state index in [0.717, 1.165) is 19.3 Å². The topological polar surface area (TPSA) is 78.4 Å². The van der Waals surface area contributed by atoms with E-state index in [9.17, 15) is 14.7 Å². The molecular formula is C14H20N2O3S. The van der Waals surface area contributed by atoms with E-state index in [-0.39, 0.29) is 12.6 Å². The molecule has 1 aromatic rings. The molecule has 1 aromatic heterocycles. The summed E-state index contributed by atoms with van der Waals surface area (Å²) in [4.78, 5) is 23.0. The fourth-order valence-corrected chi connectivity index (χ4v) is 3.29. The van der Waals surface area contributed by atoms with Crippen molar-refractivity contribution in [1.29, 1.82) is 0 Å². The number of thiophene rings is 1. The molecule has 0 unspecified atom stereocenters. The molecule has 1 aliphatic carbocycles. The summed E-state index contributed by atoms with van der Waals surface area (Å²) in [6, 6.07) is 1.75. The van der Waals surface area contributed by atoms with Gasteiger partial charge in [-0.1, -0.05) is 12.8 Å². The number of urea groups is 1. The van der Waals surface area contributed by atoms with E-state index in [1.807, 2.05) is 11.4 Å². The SMILES string of the molecule is O=C(NCCc1ccsc1)NCC1(C(=O)O)CCCC1. The van der Waals surface area contributed by atoms with Crippen LogP contribution < -0.4 is 10.6 Å². The van der Waals surface area contributed by atoms with Gasteiger partial charge in [0.2, 0.25) is 0 Å². The average Bonchev–Trinajstić information content (AvgIpc) is 3.08. The number of carbonyl (C=O) groups is 2. The van der Waals surface area contributed by atoms with Gasteiger partial charge in [-0.3, -0.25) is 4.79 Å². The second-order valence-electron chi connectivity index (χ2n) is 5.28. The molecule has 1 aliphatic rings. The number of carboxylic acid groups (broad SMARTS) is 1. The summed E-state index contributed by atoms with van der Waals surface area (Å²) < 4.78 is 0. The standard InChI is InChI=1S/C14H20N2O3S/c17-12(18)14(5-1-2-6-14)10-16-13(19)15-7-3-11-4-8-20-9-11/h4,8-9H,1-3,5-7,10H2,(H,17,18)(H2,15,16,19). The van der Waals surface area contributed by atoms with Crippen LogP contribution in [-0.2, 0) is 11.2 Å². The first-order chi connectivity index (χ1) is 9.62. The summed E-state index contributed by atoms with van der Waals surface area (Å²) in [6.45, 7) is 0.773. The van der Waals surface area contributed by atoms with Gasteiger partial charge in [0.1, 0.15) is 0 Å². The van der Waals surface area contributed by atoms with Crippen LogP contribution in [0.25, 0.3) is 0 Å². The largest absolute Gasteiger partial charge is 0.481 e. The van der Waals surface area contributed by atoms with Gasteiger partial charge in [-0.25, -0.2) is 4.79 Å². The Morgan fingerprint density at radius 2 is 2.05 bits per heavy atom. The fourth-order valence-electron chi connectivity index (χ4n) is 2.59. The Kier molecular flexibility index (Phi) is 5.00. The third-order valence-corrected chi connectivity index (χ3v) is 4.61. The van der Waals surface area contributed by atoms with Crippen LogP contribution in [0.1, 0.15) is 31.2 Å². The van der Waals surface area contributed by atoms with Crippen molar-refractivity contribution in [3.8, 4) is 0 Å². The molecular weight excluding hydrogens is 276 g/mol. The van der Waals surface area contributed by atoms with E-state index in [1.165, 1.54) is 5.56 Å². The molecule has 110 valence electrons. The van der Waals surface area contributed by atoms with Crippen molar-refractivity contribution < 1.29 is 14.7 Å². The molecule has 1 saturated carbocycles. The van der Waals surface area contributed by atoms with Gasteiger partial charge in [-0.15, -0.1) is 0 Å². The van der Waals surface area contributed by atoms with Crippen LogP contribution in [-0.4, -0.2) is 30.2 Å². The number of hydrogen-bond donors (Lipinski definition) is 3. The molecule has 20 heavy (non-hydrogen) atoms. The molecule has 5 nitrogen and oxygen atoms in total. The molecule has 0 spiro atoms. The lowest BCUT2D eigenvalue weighted by Gasteiger charge is -2.24. The van der Waals surface area contributed by atoms with Crippen LogP contribution in [0, 0.1) is 5.41 Å². The van der Waals surface area contributed by atoms with Crippen LogP contribution in [0.3, 0.4) is 0 Å². The van der Waals surface area contributed by atoms with Crippen molar-refractivity contribution in [3.63, 3.8) is 0 Å². The molecule has 1 fully saturated rings. The molecule has 0 saturated heterocycles. The molecule has 0 bridgehead atoms. The van der Waals surface area contributed by atoms with Gasteiger partial charge < -0.3 is 15.7 Å². The minimum Gasteiger partial charge on any atom is -0.481 e. The zero-order valence-electron chi connectivity index (χ0n) is 11.4. The normalized spacial score (nSPS) is 16.8. The summed E-state index contributed by atoms with van der Waals surface area (Å²) in [6.07, 6.45) is 3.94. The van der Waals surface area contributed by atoms with Crippen molar-refractivity contribution in [2.75, 3.05) is 13.1 Å². The Balaban J connectivity index is 1.70. The second-order valence-corrected chi connectivity index (χ2v) is 6.06. The van der Waals surface area contributed by atoms with E-state index in [2.05, 4.69) is 16.0 Å². The first-order valence-corrected chi connectivity index (χ1v) is 7.83. The van der Waals surface area contributed by atoms with Gasteiger partial charge in [0.15, 0.2) is 0 Å². The van der Waals surface area contributed by atoms with Gasteiger partial charge in [0.05, 0.1) is 5.41 Å². The van der Waals surface area contributed by atoms with Gasteiger partial charge in [0.25, 0.3) is 0 Å². The van der Waals surface area contributed by atoms with Crippen LogP contribution in [0.15, 0.2) is 16.8 Å². The number of aliphatic carboxylic acids is 1. The Hall–Kier alpha value is -1.56. The van der Waals surface area contributed by atoms with Gasteiger partial charge in [-0.2, -0.15) is 11.3 Å². The Labute approximate surface area is 122 Å². The second kappa shape index (κ2) is 6.74. The summed E-state index contributed by atoms with van der Waals surface area (Å²) in [5, 5.41) is 18.8. The number of carboxylic acids is 1. The first kappa shape index (κ1) is 14.8. The highest BCUT2D eigenvalue weighted by Crippen LogP contribution is 2.37. The van der Waals surface area contributed by atoms with Crippen LogP contribution in [0.4, 0.5) is 4.79 Å². The zero-order chi connectivity index (χ0) is 14.4. The maximum Gasteiger partial charge on any atom is 0.314 e. The highest BCUT2D eigenvalue weighted by Gasteiger charge is 2.41. The van der Waals surface area contributed by atoms with E-state index in [4.69, 9.17) is 0 Å². The molecule has 3 N–H and O–H groups in total. The highest BCUT2D eigenvalue weighted by molar-refractivity contribution is 7.07. The minimum atomic E-state index is -0.798. The molecule has 0 radical (unpaired) electrons. The average molecular weight is 296 g/mol. The lowest BCUT2D eigenvalue weighted by Crippen LogP contribution is -2.45. The summed E-state index contributed by atoms with van der Waals surface area (Å²) in [5.41, 5.74) is 0.443. The van der Waals surface area contributed by atoms with E-state index < -0.39 is 11.4 Å². The van der Waals surface area contributed by atoms with Crippen molar-refractivity contribution >= 4 is 23.3 Å². The van der Waals surface area contributed by atoms with Crippen molar-refractivity contribution in [2.24, 2.45) is 5.41 Å². The molecule has 2 rings (SSSR count). The quantitative estimate of drug-likeness (QED) is 0.753. The minimum absolute atomic E-state index is 0.215. The Morgan fingerprint density at radius 3 is 2.65 bits per heavy atom. The number of amides is 2. The van der Waals surface area contributed by atoms with Crippen molar-refractivity contribution in [2.45, 2.75) is 32.1 Å². The number of carbonyl (C=O) groups excluding carboxylic acids is 1. The third kappa shape index (κ3) is 3.72. The number of rotatable bonds is 6. The van der Waals surface area contributed by atoms with E-state index in [1.54, 1.807) is 11.3 Å². The monoisotopic (exact) mass is 296 g/mol. The summed E-state index contributed by atoms with van der Waals surface area (Å²) in [5.74, 6) is -0.798. The van der Waals surface area contributed by atoms with Crippen LogP contribution >= 0.6 is 11.3 Å². The molecule has 0 aliphatic heterocycles.